The van der Waals surface area contributed by atoms with E-state index < -0.39 is 12.0 Å². The summed E-state index contributed by atoms with van der Waals surface area (Å²) in [6.45, 7) is 0. The van der Waals surface area contributed by atoms with Gasteiger partial charge in [-0.3, -0.25) is 4.79 Å². The van der Waals surface area contributed by atoms with Crippen LogP contribution in [0.2, 0.25) is 0 Å². The van der Waals surface area contributed by atoms with Gasteiger partial charge in [0, 0.05) is 15.6 Å². The van der Waals surface area contributed by atoms with Crippen molar-refractivity contribution in [3.8, 4) is 0 Å². The second-order valence-electron chi connectivity index (χ2n) is 4.56. The summed E-state index contributed by atoms with van der Waals surface area (Å²) >= 11 is 2.19. The highest BCUT2D eigenvalue weighted by atomic mass is 127. The monoisotopic (exact) mass is 395 g/mol. The molecule has 0 unspecified atom stereocenters. The Morgan fingerprint density at radius 2 is 1.67 bits per heavy atom. The highest BCUT2D eigenvalue weighted by Crippen LogP contribution is 2.09. The van der Waals surface area contributed by atoms with Crippen LogP contribution in [0.5, 0.6) is 0 Å². The second-order valence-corrected chi connectivity index (χ2v) is 5.81. The lowest BCUT2D eigenvalue weighted by atomic mass is 10.1. The van der Waals surface area contributed by atoms with E-state index in [1.165, 1.54) is 0 Å². The fraction of sp³-hybridized carbons (Fsp3) is 0.125. The third-order valence-corrected chi connectivity index (χ3v) is 3.71. The molecule has 2 aromatic carbocycles. The Balaban J connectivity index is 2.07. The van der Waals surface area contributed by atoms with E-state index in [2.05, 4.69) is 27.9 Å². The molecule has 0 saturated heterocycles. The maximum atomic E-state index is 12.0. The van der Waals surface area contributed by atoms with Gasteiger partial charge in [-0.05, 0) is 52.4 Å². The van der Waals surface area contributed by atoms with Gasteiger partial charge < -0.3 is 10.4 Å². The number of aliphatic carboxylic acids is 1. The van der Waals surface area contributed by atoms with Gasteiger partial charge in [0.1, 0.15) is 6.04 Å². The fourth-order valence-corrected chi connectivity index (χ4v) is 2.25. The van der Waals surface area contributed by atoms with Crippen molar-refractivity contribution in [2.75, 3.05) is 0 Å². The molecule has 2 rings (SSSR count). The SMILES string of the molecule is O=C(N[C@H](Cc1ccc(I)cc1)C(=O)O)c1ccccc1. The summed E-state index contributed by atoms with van der Waals surface area (Å²) in [7, 11) is 0. The molecule has 0 spiro atoms. The molecule has 0 radical (unpaired) electrons. The van der Waals surface area contributed by atoms with Crippen LogP contribution in [0.15, 0.2) is 54.6 Å². The van der Waals surface area contributed by atoms with Crippen LogP contribution in [-0.4, -0.2) is 23.0 Å². The first-order chi connectivity index (χ1) is 10.1. The third kappa shape index (κ3) is 4.56. The summed E-state index contributed by atoms with van der Waals surface area (Å²) < 4.78 is 1.08. The molecular formula is C16H14INO3. The van der Waals surface area contributed by atoms with Crippen molar-refractivity contribution in [2.45, 2.75) is 12.5 Å². The number of halogens is 1. The van der Waals surface area contributed by atoms with E-state index >= 15 is 0 Å². The Morgan fingerprint density at radius 1 is 1.05 bits per heavy atom. The van der Waals surface area contributed by atoms with Crippen LogP contribution in [0.3, 0.4) is 0 Å². The molecule has 2 N–H and O–H groups in total. The standard InChI is InChI=1S/C16H14INO3/c17-13-8-6-11(7-9-13)10-14(16(20)21)18-15(19)12-4-2-1-3-5-12/h1-9,14H,10H2,(H,18,19)(H,20,21)/t14-/m1/s1. The van der Waals surface area contributed by atoms with Crippen LogP contribution in [0, 0.1) is 3.57 Å². The maximum Gasteiger partial charge on any atom is 0.326 e. The average molecular weight is 395 g/mol. The van der Waals surface area contributed by atoms with Gasteiger partial charge in [-0.15, -0.1) is 0 Å². The van der Waals surface area contributed by atoms with E-state index in [0.29, 0.717) is 5.56 Å². The zero-order chi connectivity index (χ0) is 15.2. The van der Waals surface area contributed by atoms with Crippen LogP contribution in [0.25, 0.3) is 0 Å². The van der Waals surface area contributed by atoms with Crippen molar-refractivity contribution in [1.82, 2.24) is 5.32 Å². The summed E-state index contributed by atoms with van der Waals surface area (Å²) in [5.74, 6) is -1.42. The number of hydrogen-bond acceptors (Lipinski definition) is 2. The zero-order valence-corrected chi connectivity index (χ0v) is 13.3. The van der Waals surface area contributed by atoms with Crippen molar-refractivity contribution in [1.29, 1.82) is 0 Å². The van der Waals surface area contributed by atoms with Crippen molar-refractivity contribution in [3.63, 3.8) is 0 Å². The van der Waals surface area contributed by atoms with Gasteiger partial charge in [-0.25, -0.2) is 4.79 Å². The van der Waals surface area contributed by atoms with Gasteiger partial charge in [-0.1, -0.05) is 30.3 Å². The molecule has 2 aromatic rings. The Labute approximate surface area is 136 Å². The van der Waals surface area contributed by atoms with Gasteiger partial charge in [0.15, 0.2) is 0 Å². The van der Waals surface area contributed by atoms with Crippen molar-refractivity contribution in [3.05, 3.63) is 69.3 Å². The number of carboxylic acid groups (broad SMARTS) is 1. The quantitative estimate of drug-likeness (QED) is 0.766. The molecule has 0 aliphatic carbocycles. The van der Waals surface area contributed by atoms with E-state index in [1.807, 2.05) is 24.3 Å². The molecule has 5 heteroatoms. The summed E-state index contributed by atoms with van der Waals surface area (Å²) in [5, 5.41) is 11.8. The van der Waals surface area contributed by atoms with Crippen LogP contribution >= 0.6 is 22.6 Å². The molecule has 108 valence electrons. The van der Waals surface area contributed by atoms with Crippen molar-refractivity contribution < 1.29 is 14.7 Å². The lowest BCUT2D eigenvalue weighted by Gasteiger charge is -2.14. The van der Waals surface area contributed by atoms with Gasteiger partial charge >= 0.3 is 5.97 Å². The third-order valence-electron chi connectivity index (χ3n) is 2.99. The Morgan fingerprint density at radius 3 is 2.24 bits per heavy atom. The highest BCUT2D eigenvalue weighted by Gasteiger charge is 2.20. The highest BCUT2D eigenvalue weighted by molar-refractivity contribution is 14.1. The van der Waals surface area contributed by atoms with E-state index in [0.717, 1.165) is 9.13 Å². The van der Waals surface area contributed by atoms with E-state index in [1.54, 1.807) is 30.3 Å². The minimum atomic E-state index is -1.04. The first-order valence-corrected chi connectivity index (χ1v) is 7.47. The minimum absolute atomic E-state index is 0.255. The molecule has 0 fully saturated rings. The normalized spacial score (nSPS) is 11.7. The molecule has 0 aliphatic rings. The molecule has 1 atom stereocenters. The fourth-order valence-electron chi connectivity index (χ4n) is 1.89. The Hall–Kier alpha value is -1.89. The molecule has 0 aromatic heterocycles. The lowest BCUT2D eigenvalue weighted by molar-refractivity contribution is -0.139. The van der Waals surface area contributed by atoms with Gasteiger partial charge in [0.25, 0.3) is 5.91 Å². The predicted molar refractivity (Wildman–Crippen MR) is 88.2 cm³/mol. The summed E-state index contributed by atoms with van der Waals surface area (Å²) in [4.78, 5) is 23.3. The average Bonchev–Trinajstić information content (AvgIpc) is 2.49. The molecular weight excluding hydrogens is 381 g/mol. The second kappa shape index (κ2) is 7.21. The van der Waals surface area contributed by atoms with Crippen LogP contribution in [-0.2, 0) is 11.2 Å². The number of hydrogen-bond donors (Lipinski definition) is 2. The summed E-state index contributed by atoms with van der Waals surface area (Å²) in [6, 6.07) is 15.2. The van der Waals surface area contributed by atoms with Gasteiger partial charge in [0.05, 0.1) is 0 Å². The van der Waals surface area contributed by atoms with Crippen LogP contribution < -0.4 is 5.32 Å². The smallest absolute Gasteiger partial charge is 0.326 e. The number of benzene rings is 2. The van der Waals surface area contributed by atoms with Crippen molar-refractivity contribution in [2.24, 2.45) is 0 Å². The van der Waals surface area contributed by atoms with E-state index in [4.69, 9.17) is 0 Å². The van der Waals surface area contributed by atoms with Crippen LogP contribution in [0.1, 0.15) is 15.9 Å². The van der Waals surface area contributed by atoms with Crippen LogP contribution in [0.4, 0.5) is 0 Å². The van der Waals surface area contributed by atoms with Crippen molar-refractivity contribution >= 4 is 34.5 Å². The molecule has 4 nitrogen and oxygen atoms in total. The summed E-state index contributed by atoms with van der Waals surface area (Å²) in [5.41, 5.74) is 1.32. The molecule has 1 amide bonds. The van der Waals surface area contributed by atoms with Gasteiger partial charge in [0.2, 0.25) is 0 Å². The first kappa shape index (κ1) is 15.5. The maximum absolute atomic E-state index is 12.0. The molecule has 0 heterocycles. The number of amides is 1. The lowest BCUT2D eigenvalue weighted by Crippen LogP contribution is -2.42. The molecule has 0 bridgehead atoms. The number of nitrogens with one attached hydrogen (secondary N) is 1. The number of carbonyl (C=O) groups is 2. The predicted octanol–water partition coefficient (Wildman–Crippen LogP) is 2.72. The Kier molecular flexibility index (Phi) is 5.32. The Bertz CT molecular complexity index is 626. The summed E-state index contributed by atoms with van der Waals surface area (Å²) in [6.07, 6.45) is 0.255. The number of carboxylic acids is 1. The molecule has 0 saturated carbocycles. The topological polar surface area (TPSA) is 66.4 Å². The van der Waals surface area contributed by atoms with E-state index in [9.17, 15) is 14.7 Å². The first-order valence-electron chi connectivity index (χ1n) is 6.39. The molecule has 21 heavy (non-hydrogen) atoms. The largest absolute Gasteiger partial charge is 0.480 e. The van der Waals surface area contributed by atoms with E-state index in [-0.39, 0.29) is 12.3 Å². The zero-order valence-electron chi connectivity index (χ0n) is 11.1. The minimum Gasteiger partial charge on any atom is -0.480 e. The molecule has 0 aliphatic heterocycles. The number of rotatable bonds is 5. The van der Waals surface area contributed by atoms with Gasteiger partial charge in [-0.2, -0.15) is 0 Å². The number of carbonyl (C=O) groups excluding carboxylic acids is 1.